The van der Waals surface area contributed by atoms with Gasteiger partial charge in [-0.05, 0) is 81.2 Å². The Kier molecular flexibility index (Phi) is 6.50. The predicted molar refractivity (Wildman–Crippen MR) is 198 cm³/mol. The van der Waals surface area contributed by atoms with Crippen LogP contribution in [-0.2, 0) is 0 Å². The molecule has 220 valence electrons. The maximum absolute atomic E-state index is 4.52. The minimum atomic E-state index is 0.984. The van der Waals surface area contributed by atoms with E-state index in [1.54, 1.807) is 0 Å². The van der Waals surface area contributed by atoms with Gasteiger partial charge in [0.2, 0.25) is 0 Å². The second-order valence-corrected chi connectivity index (χ2v) is 12.0. The Morgan fingerprint density at radius 1 is 0.362 bits per heavy atom. The van der Waals surface area contributed by atoms with Crippen LogP contribution in [0, 0.1) is 0 Å². The normalized spacial score (nSPS) is 11.4. The average molecular weight is 599 g/mol. The lowest BCUT2D eigenvalue weighted by molar-refractivity contribution is 1.19. The molecule has 0 atom stereocenters. The molecule has 0 unspecified atom stereocenters. The van der Waals surface area contributed by atoms with E-state index in [4.69, 9.17) is 0 Å². The Morgan fingerprint density at radius 3 is 1.70 bits per heavy atom. The fourth-order valence-corrected chi connectivity index (χ4v) is 6.92. The summed E-state index contributed by atoms with van der Waals surface area (Å²) < 4.78 is 2.44. The van der Waals surface area contributed by atoms with Gasteiger partial charge >= 0.3 is 0 Å². The molecule has 0 radical (unpaired) electrons. The van der Waals surface area contributed by atoms with Crippen molar-refractivity contribution < 1.29 is 0 Å². The molecule has 0 saturated carbocycles. The number of hydrogen-bond donors (Lipinski definition) is 0. The summed E-state index contributed by atoms with van der Waals surface area (Å²) in [6, 6.07) is 63.3. The Balaban J connectivity index is 1.20. The summed E-state index contributed by atoms with van der Waals surface area (Å²) in [4.78, 5) is 4.52. The van der Waals surface area contributed by atoms with Crippen molar-refractivity contribution in [1.82, 2.24) is 9.55 Å². The van der Waals surface area contributed by atoms with Crippen LogP contribution in [-0.4, -0.2) is 9.55 Å². The molecule has 0 saturated heterocycles. The molecule has 0 aliphatic carbocycles. The molecule has 0 bridgehead atoms. The van der Waals surface area contributed by atoms with Crippen molar-refractivity contribution in [3.63, 3.8) is 0 Å². The van der Waals surface area contributed by atoms with Crippen molar-refractivity contribution in [2.45, 2.75) is 0 Å². The van der Waals surface area contributed by atoms with Crippen molar-refractivity contribution in [1.29, 1.82) is 0 Å². The summed E-state index contributed by atoms with van der Waals surface area (Å²) in [7, 11) is 0. The molecular weight excluding hydrogens is 569 g/mol. The summed E-state index contributed by atoms with van der Waals surface area (Å²) in [6.07, 6.45) is 1.84. The molecule has 9 aromatic rings. The van der Waals surface area contributed by atoms with Gasteiger partial charge in [-0.15, -0.1) is 0 Å². The van der Waals surface area contributed by atoms with Gasteiger partial charge in [0.15, 0.2) is 0 Å². The maximum Gasteiger partial charge on any atom is 0.0701 e. The Labute approximate surface area is 273 Å². The molecule has 47 heavy (non-hydrogen) atoms. The molecule has 0 fully saturated rings. The number of pyridine rings is 1. The van der Waals surface area contributed by atoms with Crippen molar-refractivity contribution in [2.24, 2.45) is 0 Å². The Bertz CT molecular complexity index is 2530. The van der Waals surface area contributed by atoms with Crippen LogP contribution in [0.4, 0.5) is 0 Å². The first-order chi connectivity index (χ1) is 23.3. The van der Waals surface area contributed by atoms with Gasteiger partial charge < -0.3 is 4.57 Å². The monoisotopic (exact) mass is 598 g/mol. The zero-order valence-electron chi connectivity index (χ0n) is 25.7. The lowest BCUT2D eigenvalue weighted by Crippen LogP contribution is -1.94. The van der Waals surface area contributed by atoms with Gasteiger partial charge in [0.05, 0.1) is 16.7 Å². The smallest absolute Gasteiger partial charge is 0.0701 e. The standard InChI is InChI=1S/C45H30N2/c1-3-10-31(11-4-1)34-12-9-13-35(28-34)36-21-24-40-38(29-36)23-26-42-41-25-22-37(30-44(41)47(45(40)42)39-14-5-2-6-15-39)32-17-19-33(20-18-32)43-16-7-8-27-46-43/h1-30H. The first-order valence-electron chi connectivity index (χ1n) is 16.0. The molecule has 0 aliphatic rings. The van der Waals surface area contributed by atoms with Gasteiger partial charge in [-0.3, -0.25) is 4.98 Å². The van der Waals surface area contributed by atoms with Gasteiger partial charge in [0.25, 0.3) is 0 Å². The predicted octanol–water partition coefficient (Wildman–Crippen LogP) is 12.0. The van der Waals surface area contributed by atoms with E-state index in [1.165, 1.54) is 66.0 Å². The van der Waals surface area contributed by atoms with Crippen LogP contribution in [0.25, 0.3) is 82.9 Å². The van der Waals surface area contributed by atoms with Crippen molar-refractivity contribution in [3.8, 4) is 50.3 Å². The quantitative estimate of drug-likeness (QED) is 0.193. The lowest BCUT2D eigenvalue weighted by atomic mass is 9.96. The van der Waals surface area contributed by atoms with Crippen LogP contribution in [0.3, 0.4) is 0 Å². The fourth-order valence-electron chi connectivity index (χ4n) is 6.92. The van der Waals surface area contributed by atoms with E-state index in [0.717, 1.165) is 16.9 Å². The summed E-state index contributed by atoms with van der Waals surface area (Å²) in [5.74, 6) is 0. The third kappa shape index (κ3) is 4.79. The summed E-state index contributed by atoms with van der Waals surface area (Å²) in [6.45, 7) is 0. The second-order valence-electron chi connectivity index (χ2n) is 12.0. The number of rotatable bonds is 5. The number of nitrogens with zero attached hydrogens (tertiary/aromatic N) is 2. The molecule has 2 heterocycles. The van der Waals surface area contributed by atoms with E-state index in [1.807, 2.05) is 18.3 Å². The van der Waals surface area contributed by atoms with Crippen molar-refractivity contribution >= 4 is 32.6 Å². The molecule has 9 rings (SSSR count). The topological polar surface area (TPSA) is 17.8 Å². The zero-order chi connectivity index (χ0) is 31.2. The molecule has 0 aliphatic heterocycles. The molecule has 7 aromatic carbocycles. The fraction of sp³-hybridized carbons (Fsp3) is 0. The van der Waals surface area contributed by atoms with Gasteiger partial charge in [-0.25, -0.2) is 0 Å². The largest absolute Gasteiger partial charge is 0.309 e. The molecule has 0 spiro atoms. The van der Waals surface area contributed by atoms with Crippen LogP contribution in [0.2, 0.25) is 0 Å². The van der Waals surface area contributed by atoms with Crippen LogP contribution in [0.15, 0.2) is 182 Å². The molecule has 2 aromatic heterocycles. The second kappa shape index (κ2) is 11.3. The SMILES string of the molecule is c1ccc(-c2cccc(-c3ccc4c(ccc5c6ccc(-c7ccc(-c8ccccn8)cc7)cc6n(-c6ccccc6)c45)c3)c2)cc1. The van der Waals surface area contributed by atoms with E-state index in [-0.39, 0.29) is 0 Å². The van der Waals surface area contributed by atoms with Crippen LogP contribution < -0.4 is 0 Å². The summed E-state index contributed by atoms with van der Waals surface area (Å²) in [5.41, 5.74) is 13.0. The summed E-state index contributed by atoms with van der Waals surface area (Å²) in [5, 5.41) is 4.98. The van der Waals surface area contributed by atoms with E-state index in [9.17, 15) is 0 Å². The molecule has 0 amide bonds. The van der Waals surface area contributed by atoms with Crippen LogP contribution in [0.5, 0.6) is 0 Å². The number of hydrogen-bond acceptors (Lipinski definition) is 1. The average Bonchev–Trinajstić information content (AvgIpc) is 3.50. The number of para-hydroxylation sites is 1. The highest BCUT2D eigenvalue weighted by Crippen LogP contribution is 2.40. The van der Waals surface area contributed by atoms with Gasteiger partial charge in [0.1, 0.15) is 0 Å². The van der Waals surface area contributed by atoms with E-state index >= 15 is 0 Å². The highest BCUT2D eigenvalue weighted by molar-refractivity contribution is 6.19. The Hall–Kier alpha value is -6.25. The molecule has 2 nitrogen and oxygen atoms in total. The maximum atomic E-state index is 4.52. The number of benzene rings is 7. The molecular formula is C45H30N2. The first-order valence-corrected chi connectivity index (χ1v) is 16.0. The van der Waals surface area contributed by atoms with E-state index in [0.29, 0.717) is 0 Å². The molecule has 2 heteroatoms. The van der Waals surface area contributed by atoms with E-state index < -0.39 is 0 Å². The third-order valence-electron chi connectivity index (χ3n) is 9.24. The third-order valence-corrected chi connectivity index (χ3v) is 9.24. The van der Waals surface area contributed by atoms with Crippen LogP contribution >= 0.6 is 0 Å². The minimum Gasteiger partial charge on any atom is -0.309 e. The minimum absolute atomic E-state index is 0.984. The van der Waals surface area contributed by atoms with E-state index in [2.05, 4.69) is 173 Å². The zero-order valence-corrected chi connectivity index (χ0v) is 25.7. The van der Waals surface area contributed by atoms with Crippen molar-refractivity contribution in [3.05, 3.63) is 182 Å². The van der Waals surface area contributed by atoms with Crippen molar-refractivity contribution in [2.75, 3.05) is 0 Å². The van der Waals surface area contributed by atoms with Gasteiger partial charge in [-0.2, -0.15) is 0 Å². The van der Waals surface area contributed by atoms with Crippen LogP contribution in [0.1, 0.15) is 0 Å². The number of fused-ring (bicyclic) bond motifs is 5. The first kappa shape index (κ1) is 27.1. The highest BCUT2D eigenvalue weighted by Gasteiger charge is 2.16. The van der Waals surface area contributed by atoms with Gasteiger partial charge in [-0.1, -0.05) is 133 Å². The number of aromatic nitrogens is 2. The Morgan fingerprint density at radius 2 is 0.936 bits per heavy atom. The molecule has 0 N–H and O–H groups in total. The highest BCUT2D eigenvalue weighted by atomic mass is 15.0. The summed E-state index contributed by atoms with van der Waals surface area (Å²) >= 11 is 0. The van der Waals surface area contributed by atoms with Gasteiger partial charge in [0, 0.05) is 33.6 Å². The lowest BCUT2D eigenvalue weighted by Gasteiger charge is -2.12.